The fourth-order valence-corrected chi connectivity index (χ4v) is 3.90. The molecule has 2 heteroatoms. The fraction of sp³-hybridized carbons (Fsp3) is 0.625. The van der Waals surface area contributed by atoms with Gasteiger partial charge >= 0.3 is 0 Å². The van der Waals surface area contributed by atoms with Gasteiger partial charge < -0.3 is 10.6 Å². The molecule has 3 rings (SSSR count). The summed E-state index contributed by atoms with van der Waals surface area (Å²) >= 11 is 0. The molecule has 1 atom stereocenters. The molecule has 1 aliphatic heterocycles. The van der Waals surface area contributed by atoms with Crippen LogP contribution >= 0.6 is 0 Å². The van der Waals surface area contributed by atoms with Crippen molar-refractivity contribution in [3.05, 3.63) is 23.8 Å². The number of hydrogen-bond donors (Lipinski definition) is 1. The lowest BCUT2D eigenvalue weighted by Crippen LogP contribution is -2.34. The number of nitrogens with zero attached hydrogens (tertiary/aromatic N) is 1. The summed E-state index contributed by atoms with van der Waals surface area (Å²) in [6, 6.07) is 7.28. The van der Waals surface area contributed by atoms with E-state index in [-0.39, 0.29) is 0 Å². The quantitative estimate of drug-likeness (QED) is 0.803. The van der Waals surface area contributed by atoms with Crippen LogP contribution in [0.3, 0.4) is 0 Å². The van der Waals surface area contributed by atoms with Gasteiger partial charge in [0.2, 0.25) is 0 Å². The second-order valence-electron chi connectivity index (χ2n) is 6.05. The summed E-state index contributed by atoms with van der Waals surface area (Å²) in [7, 11) is 0. The molecule has 0 spiro atoms. The zero-order valence-electron chi connectivity index (χ0n) is 11.4. The van der Waals surface area contributed by atoms with Gasteiger partial charge in [-0.2, -0.15) is 0 Å². The lowest BCUT2D eigenvalue weighted by atomic mass is 9.95. The summed E-state index contributed by atoms with van der Waals surface area (Å²) in [5.74, 6) is 0.925. The molecule has 1 aliphatic carbocycles. The number of hydrogen-bond acceptors (Lipinski definition) is 2. The Hall–Kier alpha value is -1.18. The summed E-state index contributed by atoms with van der Waals surface area (Å²) < 4.78 is 0. The van der Waals surface area contributed by atoms with E-state index in [4.69, 9.17) is 5.73 Å². The van der Waals surface area contributed by atoms with Crippen LogP contribution in [-0.4, -0.2) is 12.6 Å². The first-order valence-corrected chi connectivity index (χ1v) is 7.38. The third-order valence-corrected chi connectivity index (χ3v) is 4.66. The van der Waals surface area contributed by atoms with Crippen LogP contribution in [0, 0.1) is 12.8 Å². The Balaban J connectivity index is 1.85. The average Bonchev–Trinajstić information content (AvgIpc) is 2.98. The number of anilines is 2. The van der Waals surface area contributed by atoms with E-state index in [9.17, 15) is 0 Å². The Morgan fingerprint density at radius 3 is 2.56 bits per heavy atom. The molecule has 0 aromatic heterocycles. The van der Waals surface area contributed by atoms with Crippen LogP contribution in [0.4, 0.5) is 11.4 Å². The Kier molecular flexibility index (Phi) is 3.19. The van der Waals surface area contributed by atoms with E-state index in [0.29, 0.717) is 0 Å². The number of nitrogen functional groups attached to an aromatic ring is 1. The molecule has 2 N–H and O–H groups in total. The molecule has 1 aromatic rings. The van der Waals surface area contributed by atoms with E-state index in [1.165, 1.54) is 56.3 Å². The van der Waals surface area contributed by atoms with Gasteiger partial charge in [-0.1, -0.05) is 12.8 Å². The van der Waals surface area contributed by atoms with E-state index in [1.807, 2.05) is 0 Å². The lowest BCUT2D eigenvalue weighted by Gasteiger charge is -2.31. The summed E-state index contributed by atoms with van der Waals surface area (Å²) in [4.78, 5) is 2.62. The molecule has 18 heavy (non-hydrogen) atoms. The van der Waals surface area contributed by atoms with Crippen LogP contribution < -0.4 is 10.6 Å². The second-order valence-corrected chi connectivity index (χ2v) is 6.05. The molecule has 1 heterocycles. The molecule has 0 amide bonds. The van der Waals surface area contributed by atoms with E-state index in [1.54, 1.807) is 0 Å². The maximum atomic E-state index is 6.00. The van der Waals surface area contributed by atoms with Crippen LogP contribution in [0.5, 0.6) is 0 Å². The van der Waals surface area contributed by atoms with Crippen molar-refractivity contribution in [1.29, 1.82) is 0 Å². The summed E-state index contributed by atoms with van der Waals surface area (Å²) in [6.45, 7) is 3.35. The molecule has 1 aromatic carbocycles. The molecule has 2 fully saturated rings. The van der Waals surface area contributed by atoms with Gasteiger partial charge in [0, 0.05) is 24.0 Å². The summed E-state index contributed by atoms with van der Waals surface area (Å²) in [5, 5.41) is 0. The molecule has 1 unspecified atom stereocenters. The number of rotatable bonds is 2. The molecule has 2 nitrogen and oxygen atoms in total. The first-order chi connectivity index (χ1) is 8.74. The van der Waals surface area contributed by atoms with Gasteiger partial charge in [-0.3, -0.25) is 0 Å². The molecule has 1 saturated heterocycles. The normalized spacial score (nSPS) is 24.9. The monoisotopic (exact) mass is 244 g/mol. The molecular formula is C16H24N2. The van der Waals surface area contributed by atoms with E-state index >= 15 is 0 Å². The highest BCUT2D eigenvalue weighted by molar-refractivity contribution is 5.59. The van der Waals surface area contributed by atoms with Crippen molar-refractivity contribution in [3.63, 3.8) is 0 Å². The van der Waals surface area contributed by atoms with Crippen LogP contribution in [0.1, 0.15) is 44.1 Å². The first kappa shape index (κ1) is 11.9. The van der Waals surface area contributed by atoms with Crippen LogP contribution in [0.2, 0.25) is 0 Å². The first-order valence-electron chi connectivity index (χ1n) is 7.38. The van der Waals surface area contributed by atoms with Crippen molar-refractivity contribution < 1.29 is 0 Å². The molecule has 1 saturated carbocycles. The van der Waals surface area contributed by atoms with Gasteiger partial charge in [0.1, 0.15) is 0 Å². The lowest BCUT2D eigenvalue weighted by molar-refractivity contribution is 0.431. The number of benzene rings is 1. The molecule has 2 aliphatic rings. The van der Waals surface area contributed by atoms with Crippen molar-refractivity contribution in [2.75, 3.05) is 17.2 Å². The summed E-state index contributed by atoms with van der Waals surface area (Å²) in [5.41, 5.74) is 9.53. The standard InChI is InChI=1S/C16H24N2/c1-12-9-14(17)11-15(10-12)18-8-4-7-16(18)13-5-2-3-6-13/h9-11,13,16H,2-8,17H2,1H3. The van der Waals surface area contributed by atoms with Gasteiger partial charge in [0.15, 0.2) is 0 Å². The predicted octanol–water partition coefficient (Wildman–Crippen LogP) is 3.74. The van der Waals surface area contributed by atoms with E-state index in [2.05, 4.69) is 30.0 Å². The van der Waals surface area contributed by atoms with Gasteiger partial charge in [-0.05, 0) is 62.3 Å². The van der Waals surface area contributed by atoms with Gasteiger partial charge in [0.05, 0.1) is 0 Å². The maximum absolute atomic E-state index is 6.00. The fourth-order valence-electron chi connectivity index (χ4n) is 3.90. The van der Waals surface area contributed by atoms with Gasteiger partial charge in [-0.25, -0.2) is 0 Å². The highest BCUT2D eigenvalue weighted by Gasteiger charge is 2.33. The Morgan fingerprint density at radius 1 is 1.06 bits per heavy atom. The average molecular weight is 244 g/mol. The highest BCUT2D eigenvalue weighted by atomic mass is 15.2. The topological polar surface area (TPSA) is 29.3 Å². The Labute approximate surface area is 110 Å². The predicted molar refractivity (Wildman–Crippen MR) is 77.9 cm³/mol. The summed E-state index contributed by atoms with van der Waals surface area (Å²) in [6.07, 6.45) is 8.45. The van der Waals surface area contributed by atoms with E-state index in [0.717, 1.165) is 17.6 Å². The van der Waals surface area contributed by atoms with Crippen LogP contribution in [0.15, 0.2) is 18.2 Å². The van der Waals surface area contributed by atoms with E-state index < -0.39 is 0 Å². The van der Waals surface area contributed by atoms with Crippen LogP contribution in [0.25, 0.3) is 0 Å². The largest absolute Gasteiger partial charge is 0.399 e. The third-order valence-electron chi connectivity index (χ3n) is 4.66. The van der Waals surface area contributed by atoms with Crippen molar-refractivity contribution in [3.8, 4) is 0 Å². The molecular weight excluding hydrogens is 220 g/mol. The van der Waals surface area contributed by atoms with Gasteiger partial charge in [0.25, 0.3) is 0 Å². The number of nitrogens with two attached hydrogens (primary N) is 1. The highest BCUT2D eigenvalue weighted by Crippen LogP contribution is 2.38. The maximum Gasteiger partial charge on any atom is 0.0392 e. The minimum Gasteiger partial charge on any atom is -0.399 e. The minimum absolute atomic E-state index is 0.772. The molecule has 0 radical (unpaired) electrons. The number of aryl methyl sites for hydroxylation is 1. The SMILES string of the molecule is Cc1cc(N)cc(N2CCCC2C2CCCC2)c1. The molecule has 0 bridgehead atoms. The zero-order valence-corrected chi connectivity index (χ0v) is 11.4. The third kappa shape index (κ3) is 2.21. The second kappa shape index (κ2) is 4.83. The van der Waals surface area contributed by atoms with Crippen molar-refractivity contribution in [1.82, 2.24) is 0 Å². The Bertz CT molecular complexity index is 401. The zero-order chi connectivity index (χ0) is 12.5. The minimum atomic E-state index is 0.772. The van der Waals surface area contributed by atoms with Gasteiger partial charge in [-0.15, -0.1) is 0 Å². The van der Waals surface area contributed by atoms with Crippen LogP contribution in [-0.2, 0) is 0 Å². The van der Waals surface area contributed by atoms with Crippen molar-refractivity contribution in [2.24, 2.45) is 5.92 Å². The Morgan fingerprint density at radius 2 is 1.83 bits per heavy atom. The van der Waals surface area contributed by atoms with Crippen molar-refractivity contribution in [2.45, 2.75) is 51.5 Å². The molecule has 98 valence electrons. The van der Waals surface area contributed by atoms with Crippen molar-refractivity contribution >= 4 is 11.4 Å². The smallest absolute Gasteiger partial charge is 0.0392 e.